The molecule has 0 bridgehead atoms. The van der Waals surface area contributed by atoms with Crippen molar-refractivity contribution < 1.29 is 4.79 Å². The molecule has 1 amide bonds. The topological polar surface area (TPSA) is 89.9 Å². The van der Waals surface area contributed by atoms with E-state index in [0.29, 0.717) is 35.9 Å². The van der Waals surface area contributed by atoms with Crippen molar-refractivity contribution in [1.29, 1.82) is 0 Å². The van der Waals surface area contributed by atoms with E-state index >= 15 is 0 Å². The summed E-state index contributed by atoms with van der Waals surface area (Å²) in [5.74, 6) is -0.0785. The van der Waals surface area contributed by atoms with E-state index in [2.05, 4.69) is 22.4 Å². The Morgan fingerprint density at radius 1 is 1.50 bits per heavy atom. The Labute approximate surface area is 133 Å². The lowest BCUT2D eigenvalue weighted by Crippen LogP contribution is -2.35. The maximum absolute atomic E-state index is 12.9. The van der Waals surface area contributed by atoms with E-state index in [4.69, 9.17) is 17.3 Å². The third-order valence-electron chi connectivity index (χ3n) is 4.12. The van der Waals surface area contributed by atoms with E-state index in [0.717, 1.165) is 6.42 Å². The second-order valence-corrected chi connectivity index (χ2v) is 6.34. The first kappa shape index (κ1) is 14.9. The van der Waals surface area contributed by atoms with Gasteiger partial charge in [0.2, 0.25) is 0 Å². The molecule has 0 aliphatic carbocycles. The van der Waals surface area contributed by atoms with Crippen LogP contribution in [0.3, 0.4) is 0 Å². The average molecular weight is 321 g/mol. The Kier molecular flexibility index (Phi) is 3.84. The Balaban J connectivity index is 1.94. The lowest BCUT2D eigenvalue weighted by atomic mass is 9.90. The molecule has 3 rings (SSSR count). The molecule has 1 fully saturated rings. The molecule has 0 radical (unpaired) electrons. The molecule has 0 spiro atoms. The van der Waals surface area contributed by atoms with Crippen molar-refractivity contribution in [2.75, 3.05) is 19.6 Å². The summed E-state index contributed by atoms with van der Waals surface area (Å²) in [5, 5.41) is 11.6. The summed E-state index contributed by atoms with van der Waals surface area (Å²) < 4.78 is 1.46. The Hall–Kier alpha value is -1.99. The number of nitrogens with two attached hydrogens (primary N) is 1. The fourth-order valence-corrected chi connectivity index (χ4v) is 2.86. The van der Waals surface area contributed by atoms with Crippen LogP contribution in [0.25, 0.3) is 5.69 Å². The van der Waals surface area contributed by atoms with Crippen LogP contribution in [-0.4, -0.2) is 50.6 Å². The first-order valence-corrected chi connectivity index (χ1v) is 7.42. The number of aromatic nitrogens is 4. The van der Waals surface area contributed by atoms with Crippen LogP contribution in [0, 0.1) is 5.41 Å². The first-order valence-electron chi connectivity index (χ1n) is 7.05. The van der Waals surface area contributed by atoms with Gasteiger partial charge in [-0.05, 0) is 47.0 Å². The molecule has 1 aromatic heterocycles. The fraction of sp³-hybridized carbons (Fsp3) is 0.429. The van der Waals surface area contributed by atoms with Crippen LogP contribution < -0.4 is 5.73 Å². The maximum atomic E-state index is 12.9. The number of likely N-dealkylation sites (tertiary alicyclic amines) is 1. The van der Waals surface area contributed by atoms with Crippen molar-refractivity contribution in [2.45, 2.75) is 13.3 Å². The van der Waals surface area contributed by atoms with Gasteiger partial charge in [-0.1, -0.05) is 18.5 Å². The number of hydrogen-bond acceptors (Lipinski definition) is 5. The number of amides is 1. The molecule has 1 atom stereocenters. The van der Waals surface area contributed by atoms with E-state index in [1.54, 1.807) is 18.2 Å². The summed E-state index contributed by atoms with van der Waals surface area (Å²) >= 11 is 6.06. The molecule has 116 valence electrons. The molecule has 2 aromatic rings. The lowest BCUT2D eigenvalue weighted by molar-refractivity contribution is 0.0776. The predicted molar refractivity (Wildman–Crippen MR) is 81.8 cm³/mol. The predicted octanol–water partition coefficient (Wildman–Crippen LogP) is 1.13. The molecule has 2 N–H and O–H groups in total. The third-order valence-corrected chi connectivity index (χ3v) is 4.36. The van der Waals surface area contributed by atoms with Crippen LogP contribution in [0.5, 0.6) is 0 Å². The van der Waals surface area contributed by atoms with Gasteiger partial charge < -0.3 is 10.6 Å². The normalized spacial score (nSPS) is 21.3. The summed E-state index contributed by atoms with van der Waals surface area (Å²) in [6, 6.07) is 5.10. The minimum atomic E-state index is -0.0785. The molecule has 22 heavy (non-hydrogen) atoms. The highest BCUT2D eigenvalue weighted by atomic mass is 35.5. The number of hydrogen-bond donors (Lipinski definition) is 1. The number of benzene rings is 1. The van der Waals surface area contributed by atoms with Crippen LogP contribution in [0.1, 0.15) is 23.7 Å². The Morgan fingerprint density at radius 2 is 2.32 bits per heavy atom. The van der Waals surface area contributed by atoms with Crippen LogP contribution in [0.15, 0.2) is 24.5 Å². The Morgan fingerprint density at radius 3 is 2.95 bits per heavy atom. The third kappa shape index (κ3) is 2.69. The van der Waals surface area contributed by atoms with E-state index < -0.39 is 0 Å². The van der Waals surface area contributed by atoms with Gasteiger partial charge in [0.15, 0.2) is 0 Å². The first-order chi connectivity index (χ1) is 10.5. The van der Waals surface area contributed by atoms with Gasteiger partial charge in [0.1, 0.15) is 6.33 Å². The van der Waals surface area contributed by atoms with Crippen molar-refractivity contribution in [3.63, 3.8) is 0 Å². The highest BCUT2D eigenvalue weighted by Gasteiger charge is 2.36. The highest BCUT2D eigenvalue weighted by Crippen LogP contribution is 2.30. The quantitative estimate of drug-likeness (QED) is 0.915. The summed E-state index contributed by atoms with van der Waals surface area (Å²) in [6.45, 7) is 3.99. The van der Waals surface area contributed by atoms with Crippen molar-refractivity contribution >= 4 is 17.5 Å². The van der Waals surface area contributed by atoms with E-state index in [-0.39, 0.29) is 11.3 Å². The highest BCUT2D eigenvalue weighted by molar-refractivity contribution is 6.31. The fourth-order valence-electron chi connectivity index (χ4n) is 2.69. The van der Waals surface area contributed by atoms with Crippen molar-refractivity contribution in [3.05, 3.63) is 35.1 Å². The van der Waals surface area contributed by atoms with Gasteiger partial charge in [-0.2, -0.15) is 4.68 Å². The Bertz CT molecular complexity index is 689. The van der Waals surface area contributed by atoms with Crippen LogP contribution in [0.2, 0.25) is 5.02 Å². The molecular formula is C14H17ClN6O. The minimum absolute atomic E-state index is 0.0246. The largest absolute Gasteiger partial charge is 0.338 e. The summed E-state index contributed by atoms with van der Waals surface area (Å²) in [4.78, 5) is 14.7. The number of rotatable bonds is 3. The zero-order chi connectivity index (χ0) is 15.7. The minimum Gasteiger partial charge on any atom is -0.338 e. The van der Waals surface area contributed by atoms with E-state index in [1.807, 2.05) is 4.90 Å². The van der Waals surface area contributed by atoms with Crippen LogP contribution in [0.4, 0.5) is 0 Å². The second kappa shape index (κ2) is 5.66. The van der Waals surface area contributed by atoms with Gasteiger partial charge in [-0.15, -0.1) is 5.10 Å². The van der Waals surface area contributed by atoms with Gasteiger partial charge in [-0.25, -0.2) is 0 Å². The molecule has 1 saturated heterocycles. The molecule has 7 nitrogen and oxygen atoms in total. The molecule has 8 heteroatoms. The molecule has 1 aromatic carbocycles. The van der Waals surface area contributed by atoms with Crippen LogP contribution >= 0.6 is 11.6 Å². The zero-order valence-electron chi connectivity index (χ0n) is 12.2. The summed E-state index contributed by atoms with van der Waals surface area (Å²) in [6.07, 6.45) is 2.35. The molecule has 1 aliphatic heterocycles. The van der Waals surface area contributed by atoms with Gasteiger partial charge >= 0.3 is 0 Å². The zero-order valence-corrected chi connectivity index (χ0v) is 13.0. The van der Waals surface area contributed by atoms with E-state index in [9.17, 15) is 4.79 Å². The smallest absolute Gasteiger partial charge is 0.256 e. The van der Waals surface area contributed by atoms with Crippen molar-refractivity contribution in [1.82, 2.24) is 25.1 Å². The van der Waals surface area contributed by atoms with Gasteiger partial charge in [0, 0.05) is 18.1 Å². The average Bonchev–Trinajstić information content (AvgIpc) is 3.17. The van der Waals surface area contributed by atoms with E-state index in [1.165, 1.54) is 11.0 Å². The van der Waals surface area contributed by atoms with Crippen molar-refractivity contribution in [2.24, 2.45) is 11.1 Å². The van der Waals surface area contributed by atoms with Gasteiger partial charge in [0.25, 0.3) is 5.91 Å². The standard InChI is InChI=1S/C14H17ClN6O/c1-14(7-16)4-5-20(8-14)13(22)11-6-10(15)2-3-12(11)21-9-17-18-19-21/h2-3,6,9H,4-5,7-8,16H2,1H3. The lowest BCUT2D eigenvalue weighted by Gasteiger charge is -2.23. The number of tetrazole rings is 1. The number of halogens is 1. The molecule has 1 unspecified atom stereocenters. The summed E-state index contributed by atoms with van der Waals surface area (Å²) in [5.41, 5.74) is 6.88. The second-order valence-electron chi connectivity index (χ2n) is 5.91. The van der Waals surface area contributed by atoms with Crippen LogP contribution in [-0.2, 0) is 0 Å². The monoisotopic (exact) mass is 320 g/mol. The number of carbonyl (C=O) groups is 1. The molecule has 2 heterocycles. The number of nitrogens with zero attached hydrogens (tertiary/aromatic N) is 5. The molecule has 1 aliphatic rings. The maximum Gasteiger partial charge on any atom is 0.256 e. The molecular weight excluding hydrogens is 304 g/mol. The number of carbonyl (C=O) groups excluding carboxylic acids is 1. The SMILES string of the molecule is CC1(CN)CCN(C(=O)c2cc(Cl)ccc2-n2cnnn2)C1. The van der Waals surface area contributed by atoms with Crippen molar-refractivity contribution in [3.8, 4) is 5.69 Å². The van der Waals surface area contributed by atoms with Gasteiger partial charge in [0.05, 0.1) is 11.3 Å². The summed E-state index contributed by atoms with van der Waals surface area (Å²) in [7, 11) is 0. The molecule has 0 saturated carbocycles. The van der Waals surface area contributed by atoms with Gasteiger partial charge in [-0.3, -0.25) is 4.79 Å².